The average Bonchev–Trinajstić information content (AvgIpc) is 3.64. The van der Waals surface area contributed by atoms with Gasteiger partial charge in [0.1, 0.15) is 16.5 Å². The van der Waals surface area contributed by atoms with E-state index < -0.39 is 11.9 Å². The number of benzene rings is 1. The van der Waals surface area contributed by atoms with Gasteiger partial charge in [-0.25, -0.2) is 4.98 Å². The van der Waals surface area contributed by atoms with Gasteiger partial charge in [-0.3, -0.25) is 14.6 Å². The van der Waals surface area contributed by atoms with Gasteiger partial charge in [0.25, 0.3) is 5.91 Å². The Morgan fingerprint density at radius 1 is 1.15 bits per heavy atom. The molecular formula is C36H39F3N4O3S. The molecular weight excluding hydrogens is 625 g/mol. The van der Waals surface area contributed by atoms with Gasteiger partial charge in [0.2, 0.25) is 0 Å². The number of piperazine rings is 1. The molecule has 3 aliphatic rings. The van der Waals surface area contributed by atoms with E-state index in [2.05, 4.69) is 31.1 Å². The number of halogens is 3. The number of likely N-dealkylation sites (tertiary alicyclic amines) is 1. The van der Waals surface area contributed by atoms with Gasteiger partial charge in [-0.15, -0.1) is 11.3 Å². The number of ether oxygens (including phenoxy) is 1. The molecule has 6 rings (SSSR count). The van der Waals surface area contributed by atoms with E-state index >= 15 is 0 Å². The van der Waals surface area contributed by atoms with Crippen molar-refractivity contribution in [2.45, 2.75) is 77.1 Å². The first-order valence-electron chi connectivity index (χ1n) is 16.1. The topological polar surface area (TPSA) is 84.4 Å². The van der Waals surface area contributed by atoms with Gasteiger partial charge in [0.15, 0.2) is 5.78 Å². The molecule has 2 aliphatic heterocycles. The quantitative estimate of drug-likeness (QED) is 0.273. The van der Waals surface area contributed by atoms with Gasteiger partial charge in [0.05, 0.1) is 18.4 Å². The summed E-state index contributed by atoms with van der Waals surface area (Å²) in [5.74, 6) is 0.332. The summed E-state index contributed by atoms with van der Waals surface area (Å²) in [5, 5.41) is 5.73. The van der Waals surface area contributed by atoms with Crippen LogP contribution in [-0.4, -0.2) is 58.8 Å². The molecule has 0 radical (unpaired) electrons. The zero-order valence-corrected chi connectivity index (χ0v) is 27.8. The summed E-state index contributed by atoms with van der Waals surface area (Å²) < 4.78 is 45.0. The van der Waals surface area contributed by atoms with Crippen molar-refractivity contribution in [1.82, 2.24) is 20.2 Å². The third-order valence-electron chi connectivity index (χ3n) is 9.30. The van der Waals surface area contributed by atoms with E-state index in [0.717, 1.165) is 48.2 Å². The maximum Gasteiger partial charge on any atom is 0.433 e. The number of allylic oxidation sites excluding steroid dienone is 2. The van der Waals surface area contributed by atoms with Gasteiger partial charge in [-0.2, -0.15) is 13.2 Å². The highest BCUT2D eigenvalue weighted by atomic mass is 32.1. The lowest BCUT2D eigenvalue weighted by Gasteiger charge is -2.34. The zero-order chi connectivity index (χ0) is 33.5. The van der Waals surface area contributed by atoms with Crippen LogP contribution in [-0.2, 0) is 22.2 Å². The monoisotopic (exact) mass is 664 g/mol. The summed E-state index contributed by atoms with van der Waals surface area (Å²) in [6.07, 6.45) is 1.92. The predicted octanol–water partition coefficient (Wildman–Crippen LogP) is 7.24. The molecule has 1 N–H and O–H groups in total. The van der Waals surface area contributed by atoms with Crippen molar-refractivity contribution in [1.29, 1.82) is 0 Å². The molecule has 4 heterocycles. The van der Waals surface area contributed by atoms with Crippen molar-refractivity contribution in [3.05, 3.63) is 81.0 Å². The largest absolute Gasteiger partial charge is 0.497 e. The SMILES string of the molecule is CCc1ccc(OC)cc1C1CC(=O)C(c2nc(-c3ccc(C(F)(F)F)nc3)cs2)=CC(C(=O)N2C[C@H]3CC[C@@H](C2)N3)=C1CC(C)C. The van der Waals surface area contributed by atoms with Gasteiger partial charge in [-0.05, 0) is 78.6 Å². The van der Waals surface area contributed by atoms with E-state index in [9.17, 15) is 22.8 Å². The predicted molar refractivity (Wildman–Crippen MR) is 176 cm³/mol. The van der Waals surface area contributed by atoms with Crippen LogP contribution in [0.4, 0.5) is 13.2 Å². The third-order valence-corrected chi connectivity index (χ3v) is 10.2. The van der Waals surface area contributed by atoms with Crippen molar-refractivity contribution < 1.29 is 27.5 Å². The Labute approximate surface area is 277 Å². The Kier molecular flexibility index (Phi) is 9.40. The average molecular weight is 665 g/mol. The minimum absolute atomic E-state index is 0.0825. The Balaban J connectivity index is 1.47. The molecule has 1 aliphatic carbocycles. The highest BCUT2D eigenvalue weighted by Gasteiger charge is 2.39. The molecule has 248 valence electrons. The van der Waals surface area contributed by atoms with E-state index in [1.165, 1.54) is 17.4 Å². The zero-order valence-electron chi connectivity index (χ0n) is 27.0. The fourth-order valence-corrected chi connectivity index (χ4v) is 7.88. The number of hydrogen-bond donors (Lipinski definition) is 1. The smallest absolute Gasteiger partial charge is 0.433 e. The van der Waals surface area contributed by atoms with Crippen molar-refractivity contribution in [3.8, 4) is 17.0 Å². The number of fused-ring (bicyclic) bond motifs is 2. The number of hydrogen-bond acceptors (Lipinski definition) is 7. The first-order chi connectivity index (χ1) is 22.4. The number of nitrogens with zero attached hydrogens (tertiary/aromatic N) is 3. The molecule has 2 bridgehead atoms. The molecule has 2 aromatic heterocycles. The van der Waals surface area contributed by atoms with Gasteiger partial charge in [-0.1, -0.05) is 26.8 Å². The van der Waals surface area contributed by atoms with Crippen molar-refractivity contribution >= 4 is 28.6 Å². The van der Waals surface area contributed by atoms with E-state index in [-0.39, 0.29) is 42.0 Å². The van der Waals surface area contributed by atoms with Crippen LogP contribution in [0.25, 0.3) is 16.8 Å². The number of carbonyl (C=O) groups excluding carboxylic acids is 2. The molecule has 1 aromatic carbocycles. The Hall–Kier alpha value is -3.83. The van der Waals surface area contributed by atoms with Gasteiger partial charge in [0, 0.05) is 60.2 Å². The van der Waals surface area contributed by atoms with Gasteiger partial charge >= 0.3 is 6.18 Å². The number of alkyl halides is 3. The lowest BCUT2D eigenvalue weighted by atomic mass is 9.79. The van der Waals surface area contributed by atoms with Crippen LogP contribution in [0.2, 0.25) is 0 Å². The van der Waals surface area contributed by atoms with Crippen LogP contribution in [0.3, 0.4) is 0 Å². The van der Waals surface area contributed by atoms with Crippen LogP contribution in [0.5, 0.6) is 5.75 Å². The second-order valence-corrected chi connectivity index (χ2v) is 13.9. The summed E-state index contributed by atoms with van der Waals surface area (Å²) in [4.78, 5) is 39.2. The molecule has 3 atom stereocenters. The number of aryl methyl sites for hydroxylation is 1. The van der Waals surface area contributed by atoms with Crippen LogP contribution < -0.4 is 10.1 Å². The van der Waals surface area contributed by atoms with Gasteiger partial charge < -0.3 is 15.0 Å². The highest BCUT2D eigenvalue weighted by molar-refractivity contribution is 7.11. The fourth-order valence-electron chi connectivity index (χ4n) is 7.02. The highest BCUT2D eigenvalue weighted by Crippen LogP contribution is 2.43. The Morgan fingerprint density at radius 2 is 1.89 bits per heavy atom. The molecule has 0 spiro atoms. The van der Waals surface area contributed by atoms with Crippen LogP contribution in [0.15, 0.2) is 59.1 Å². The standard InChI is InChI=1S/C36H39F3N4O3S/c1-5-21-6-10-25(46-4)13-26(21)28-15-32(44)30(34-42-31(19-47-34)22-7-11-33(40-16-22)36(37,38)39)14-29(27(28)12-20(2)3)35(45)43-17-23-8-9-24(18-43)41-23/h6-7,10-11,13-14,16,19-20,23-24,28,41H,5,8-9,12,15,17-18H2,1-4H3/t23-,24+,28?. The first-order valence-corrected chi connectivity index (χ1v) is 17.0. The molecule has 1 unspecified atom stereocenters. The molecule has 7 nitrogen and oxygen atoms in total. The minimum Gasteiger partial charge on any atom is -0.497 e. The molecule has 0 saturated carbocycles. The van der Waals surface area contributed by atoms with E-state index in [1.54, 1.807) is 18.6 Å². The number of pyridine rings is 1. The number of Topliss-reactive ketones (excluding diaryl/α,β-unsaturated/α-hetero) is 1. The third kappa shape index (κ3) is 6.92. The number of amides is 1. The van der Waals surface area contributed by atoms with Crippen molar-refractivity contribution in [2.24, 2.45) is 5.92 Å². The van der Waals surface area contributed by atoms with Crippen molar-refractivity contribution in [2.75, 3.05) is 20.2 Å². The second kappa shape index (κ2) is 13.4. The summed E-state index contributed by atoms with van der Waals surface area (Å²) in [7, 11) is 1.62. The molecule has 1 amide bonds. The van der Waals surface area contributed by atoms with Crippen LogP contribution >= 0.6 is 11.3 Å². The minimum atomic E-state index is -4.55. The van der Waals surface area contributed by atoms with E-state index in [4.69, 9.17) is 9.72 Å². The number of ketones is 1. The number of aromatic nitrogens is 2. The van der Waals surface area contributed by atoms with E-state index in [0.29, 0.717) is 52.7 Å². The second-order valence-electron chi connectivity index (χ2n) is 13.0. The summed E-state index contributed by atoms with van der Waals surface area (Å²) in [5.41, 5.74) is 3.72. The Bertz CT molecular complexity index is 1720. The molecule has 11 heteroatoms. The van der Waals surface area contributed by atoms with E-state index in [1.807, 2.05) is 23.1 Å². The Morgan fingerprint density at radius 3 is 2.51 bits per heavy atom. The maximum absolute atomic E-state index is 14.6. The lowest BCUT2D eigenvalue weighted by Crippen LogP contribution is -2.53. The molecule has 3 aromatic rings. The summed E-state index contributed by atoms with van der Waals surface area (Å²) in [6, 6.07) is 8.71. The van der Waals surface area contributed by atoms with Crippen molar-refractivity contribution in [3.63, 3.8) is 0 Å². The van der Waals surface area contributed by atoms with Crippen LogP contribution in [0, 0.1) is 5.92 Å². The number of carbonyl (C=O) groups is 2. The van der Waals surface area contributed by atoms with Crippen LogP contribution in [0.1, 0.15) is 74.2 Å². The molecule has 2 saturated heterocycles. The molecule has 2 fully saturated rings. The fraction of sp³-hybridized carbons (Fsp3) is 0.444. The maximum atomic E-state index is 14.6. The molecule has 47 heavy (non-hydrogen) atoms. The number of rotatable bonds is 8. The normalized spacial score (nSPS) is 21.7. The lowest BCUT2D eigenvalue weighted by molar-refractivity contribution is -0.141. The number of nitrogens with one attached hydrogen (secondary N) is 1. The summed E-state index contributed by atoms with van der Waals surface area (Å²) in [6.45, 7) is 7.53. The number of thiazole rings is 1. The first kappa shape index (κ1) is 33.1. The summed E-state index contributed by atoms with van der Waals surface area (Å²) >= 11 is 1.23. The number of methoxy groups -OCH3 is 1.